The van der Waals surface area contributed by atoms with E-state index in [0.717, 1.165) is 19.4 Å². The summed E-state index contributed by atoms with van der Waals surface area (Å²) in [6.45, 7) is 2.94. The largest absolute Gasteiger partial charge is 0.324 e. The van der Waals surface area contributed by atoms with Crippen molar-refractivity contribution in [1.82, 2.24) is 5.32 Å². The van der Waals surface area contributed by atoms with Crippen LogP contribution in [0.2, 0.25) is 0 Å². The van der Waals surface area contributed by atoms with Crippen LogP contribution in [0.25, 0.3) is 0 Å². The Morgan fingerprint density at radius 3 is 2.23 bits per heavy atom. The van der Waals surface area contributed by atoms with Crippen LogP contribution in [0, 0.1) is 5.92 Å². The lowest BCUT2D eigenvalue weighted by Crippen LogP contribution is -2.40. The molecule has 2 aromatic rings. The molecule has 1 saturated heterocycles. The van der Waals surface area contributed by atoms with Crippen molar-refractivity contribution in [2.24, 2.45) is 5.92 Å². The number of para-hydroxylation sites is 2. The van der Waals surface area contributed by atoms with Gasteiger partial charge in [0.1, 0.15) is 0 Å². The van der Waals surface area contributed by atoms with E-state index in [1.54, 1.807) is 18.2 Å². The van der Waals surface area contributed by atoms with Crippen LogP contribution in [0.15, 0.2) is 54.6 Å². The fourth-order valence-electron chi connectivity index (χ4n) is 3.09. The molecule has 0 spiro atoms. The van der Waals surface area contributed by atoms with Crippen molar-refractivity contribution in [2.75, 3.05) is 17.2 Å². The van der Waals surface area contributed by atoms with Crippen molar-refractivity contribution in [3.63, 3.8) is 0 Å². The van der Waals surface area contributed by atoms with Gasteiger partial charge in [-0.3, -0.25) is 9.59 Å². The average molecular weight is 374 g/mol. The summed E-state index contributed by atoms with van der Waals surface area (Å²) in [5.41, 5.74) is 1.81. The van der Waals surface area contributed by atoms with Crippen LogP contribution >= 0.6 is 12.4 Å². The Hall–Kier alpha value is -2.37. The van der Waals surface area contributed by atoms with Gasteiger partial charge >= 0.3 is 0 Å². The summed E-state index contributed by atoms with van der Waals surface area (Å²) >= 11 is 0. The van der Waals surface area contributed by atoms with Gasteiger partial charge in [-0.15, -0.1) is 12.4 Å². The molecule has 2 aromatic carbocycles. The number of anilines is 2. The monoisotopic (exact) mass is 373 g/mol. The van der Waals surface area contributed by atoms with E-state index in [1.165, 1.54) is 0 Å². The molecule has 3 N–H and O–H groups in total. The zero-order chi connectivity index (χ0) is 17.6. The number of carbonyl (C=O) groups excluding carboxylic acids is 2. The Balaban J connectivity index is 0.00000243. The molecule has 2 atom stereocenters. The molecule has 0 bridgehead atoms. The summed E-state index contributed by atoms with van der Waals surface area (Å²) in [6, 6.07) is 16.6. The predicted octanol–water partition coefficient (Wildman–Crippen LogP) is 3.69. The minimum atomic E-state index is -0.196. The highest BCUT2D eigenvalue weighted by atomic mass is 35.5. The second kappa shape index (κ2) is 9.36. The molecule has 1 aliphatic heterocycles. The van der Waals surface area contributed by atoms with Gasteiger partial charge in [-0.1, -0.05) is 30.3 Å². The lowest BCUT2D eigenvalue weighted by Gasteiger charge is -2.27. The number of hydrogen-bond donors (Lipinski definition) is 3. The zero-order valence-electron chi connectivity index (χ0n) is 14.7. The molecule has 5 nitrogen and oxygen atoms in total. The maximum Gasteiger partial charge on any atom is 0.255 e. The fraction of sp³-hybridized carbons (Fsp3) is 0.300. The van der Waals surface area contributed by atoms with Gasteiger partial charge in [-0.05, 0) is 50.6 Å². The molecule has 3 rings (SSSR count). The minimum absolute atomic E-state index is 0. The van der Waals surface area contributed by atoms with E-state index in [1.807, 2.05) is 36.4 Å². The quantitative estimate of drug-likeness (QED) is 0.765. The van der Waals surface area contributed by atoms with Crippen molar-refractivity contribution in [3.8, 4) is 0 Å². The number of nitrogens with one attached hydrogen (secondary N) is 3. The van der Waals surface area contributed by atoms with Gasteiger partial charge in [0.25, 0.3) is 5.91 Å². The highest BCUT2D eigenvalue weighted by Crippen LogP contribution is 2.24. The van der Waals surface area contributed by atoms with Crippen LogP contribution in [0.4, 0.5) is 11.4 Å². The van der Waals surface area contributed by atoms with Crippen LogP contribution in [0.3, 0.4) is 0 Å². The Morgan fingerprint density at radius 1 is 0.962 bits per heavy atom. The maximum absolute atomic E-state index is 12.6. The number of benzene rings is 2. The molecule has 0 radical (unpaired) electrons. The maximum atomic E-state index is 12.6. The number of amides is 2. The zero-order valence-corrected chi connectivity index (χ0v) is 15.5. The first-order chi connectivity index (χ1) is 12.1. The average Bonchev–Trinajstić information content (AvgIpc) is 2.64. The second-order valence-electron chi connectivity index (χ2n) is 6.43. The van der Waals surface area contributed by atoms with Gasteiger partial charge in [-0.25, -0.2) is 0 Å². The lowest BCUT2D eigenvalue weighted by molar-refractivity contribution is -0.120. The standard InChI is InChI=1S/C20H23N3O2.ClH/c1-14-13-16(11-12-21-14)20(25)23-18-10-6-5-9-17(18)22-19(24)15-7-3-2-4-8-15;/h2-10,14,16,21H,11-13H2,1H3,(H,22,24)(H,23,25);1H/t14-,16-;/m0./s1. The molecule has 6 heteroatoms. The number of rotatable bonds is 4. The fourth-order valence-corrected chi connectivity index (χ4v) is 3.09. The van der Waals surface area contributed by atoms with Gasteiger partial charge < -0.3 is 16.0 Å². The van der Waals surface area contributed by atoms with Gasteiger partial charge in [0.2, 0.25) is 5.91 Å². The molecule has 1 aliphatic rings. The molecular weight excluding hydrogens is 350 g/mol. The van der Waals surface area contributed by atoms with E-state index in [9.17, 15) is 9.59 Å². The van der Waals surface area contributed by atoms with Crippen molar-refractivity contribution < 1.29 is 9.59 Å². The van der Waals surface area contributed by atoms with Crippen LogP contribution in [-0.4, -0.2) is 24.4 Å². The summed E-state index contributed by atoms with van der Waals surface area (Å²) in [5, 5.41) is 9.20. The number of hydrogen-bond acceptors (Lipinski definition) is 3. The Kier molecular flexibility index (Phi) is 7.18. The first-order valence-corrected chi connectivity index (χ1v) is 8.63. The van der Waals surface area contributed by atoms with Gasteiger partial charge in [-0.2, -0.15) is 0 Å². The van der Waals surface area contributed by atoms with E-state index >= 15 is 0 Å². The third-order valence-electron chi connectivity index (χ3n) is 4.46. The minimum Gasteiger partial charge on any atom is -0.324 e. The Morgan fingerprint density at radius 2 is 1.58 bits per heavy atom. The number of carbonyl (C=O) groups is 2. The number of halogens is 1. The summed E-state index contributed by atoms with van der Waals surface area (Å²) in [6.07, 6.45) is 1.65. The highest BCUT2D eigenvalue weighted by molar-refractivity contribution is 6.07. The molecule has 1 fully saturated rings. The van der Waals surface area contributed by atoms with Gasteiger partial charge in [0, 0.05) is 17.5 Å². The highest BCUT2D eigenvalue weighted by Gasteiger charge is 2.25. The third kappa shape index (κ3) is 5.07. The van der Waals surface area contributed by atoms with E-state index < -0.39 is 0 Å². The molecule has 0 saturated carbocycles. The van der Waals surface area contributed by atoms with Crippen molar-refractivity contribution in [1.29, 1.82) is 0 Å². The summed E-state index contributed by atoms with van der Waals surface area (Å²) in [4.78, 5) is 24.9. The molecule has 26 heavy (non-hydrogen) atoms. The SMILES string of the molecule is C[C@H]1C[C@@H](C(=O)Nc2ccccc2NC(=O)c2ccccc2)CCN1.Cl. The first-order valence-electron chi connectivity index (χ1n) is 8.63. The Bertz CT molecular complexity index is 752. The predicted molar refractivity (Wildman–Crippen MR) is 107 cm³/mol. The van der Waals surface area contributed by atoms with Crippen molar-refractivity contribution in [3.05, 3.63) is 60.2 Å². The summed E-state index contributed by atoms with van der Waals surface area (Å²) in [7, 11) is 0. The summed E-state index contributed by atoms with van der Waals surface area (Å²) < 4.78 is 0. The molecule has 0 aliphatic carbocycles. The first kappa shape index (κ1) is 19.9. The molecule has 1 heterocycles. The Labute approximate surface area is 160 Å². The number of piperidine rings is 1. The van der Waals surface area contributed by atoms with E-state index in [-0.39, 0.29) is 30.1 Å². The smallest absolute Gasteiger partial charge is 0.255 e. The summed E-state index contributed by atoms with van der Waals surface area (Å²) in [5.74, 6) is -0.193. The van der Waals surface area contributed by atoms with E-state index in [0.29, 0.717) is 23.0 Å². The van der Waals surface area contributed by atoms with Gasteiger partial charge in [0.15, 0.2) is 0 Å². The third-order valence-corrected chi connectivity index (χ3v) is 4.46. The van der Waals surface area contributed by atoms with Crippen LogP contribution in [0.5, 0.6) is 0 Å². The molecule has 0 unspecified atom stereocenters. The van der Waals surface area contributed by atoms with Crippen molar-refractivity contribution >= 4 is 35.6 Å². The molecule has 2 amide bonds. The molecule has 0 aromatic heterocycles. The van der Waals surface area contributed by atoms with E-state index in [2.05, 4.69) is 22.9 Å². The van der Waals surface area contributed by atoms with Crippen LogP contribution in [-0.2, 0) is 4.79 Å². The normalized spacial score (nSPS) is 19.1. The van der Waals surface area contributed by atoms with Gasteiger partial charge in [0.05, 0.1) is 11.4 Å². The van der Waals surface area contributed by atoms with E-state index in [4.69, 9.17) is 0 Å². The topological polar surface area (TPSA) is 70.2 Å². The van der Waals surface area contributed by atoms with Crippen molar-refractivity contribution in [2.45, 2.75) is 25.8 Å². The van der Waals surface area contributed by atoms with Crippen LogP contribution in [0.1, 0.15) is 30.1 Å². The molecular formula is C20H24ClN3O2. The lowest BCUT2D eigenvalue weighted by atomic mass is 9.92. The van der Waals surface area contributed by atoms with Crippen LogP contribution < -0.4 is 16.0 Å². The second-order valence-corrected chi connectivity index (χ2v) is 6.43. The molecule has 138 valence electrons.